The van der Waals surface area contributed by atoms with Crippen molar-refractivity contribution in [3.8, 4) is 11.6 Å². The van der Waals surface area contributed by atoms with E-state index in [4.69, 9.17) is 23.2 Å². The number of rotatable bonds is 1. The van der Waals surface area contributed by atoms with Crippen molar-refractivity contribution in [2.75, 3.05) is 0 Å². The standard InChI is InChI=1S/C10H8Cl2N2O2/c1-5-9(15)13-14(10(5)16)8-3-6(11)2-7(12)4-8/h2-4,16H,1H3,(H,13,15). The zero-order chi connectivity index (χ0) is 11.9. The Morgan fingerprint density at radius 3 is 2.25 bits per heavy atom. The van der Waals surface area contributed by atoms with E-state index in [-0.39, 0.29) is 17.0 Å². The molecule has 2 aromatic rings. The number of benzene rings is 1. The summed E-state index contributed by atoms with van der Waals surface area (Å²) >= 11 is 11.7. The van der Waals surface area contributed by atoms with Gasteiger partial charge in [-0.1, -0.05) is 23.2 Å². The van der Waals surface area contributed by atoms with Crippen molar-refractivity contribution < 1.29 is 5.11 Å². The normalized spacial score (nSPS) is 10.7. The monoisotopic (exact) mass is 258 g/mol. The van der Waals surface area contributed by atoms with Gasteiger partial charge in [-0.2, -0.15) is 0 Å². The van der Waals surface area contributed by atoms with Crippen molar-refractivity contribution in [3.63, 3.8) is 0 Å². The molecular weight excluding hydrogens is 251 g/mol. The van der Waals surface area contributed by atoms with Crippen LogP contribution in [0.4, 0.5) is 0 Å². The van der Waals surface area contributed by atoms with E-state index in [0.29, 0.717) is 15.7 Å². The van der Waals surface area contributed by atoms with E-state index in [0.717, 1.165) is 0 Å². The van der Waals surface area contributed by atoms with Gasteiger partial charge in [0, 0.05) is 10.0 Å². The van der Waals surface area contributed by atoms with Crippen LogP contribution in [0.25, 0.3) is 5.69 Å². The van der Waals surface area contributed by atoms with E-state index >= 15 is 0 Å². The Labute approximate surface area is 101 Å². The average Bonchev–Trinajstić information content (AvgIpc) is 2.44. The second kappa shape index (κ2) is 3.88. The predicted molar refractivity (Wildman–Crippen MR) is 62.8 cm³/mol. The minimum Gasteiger partial charge on any atom is -0.493 e. The highest BCUT2D eigenvalue weighted by molar-refractivity contribution is 6.34. The molecule has 0 fully saturated rings. The molecule has 0 unspecified atom stereocenters. The highest BCUT2D eigenvalue weighted by atomic mass is 35.5. The Morgan fingerprint density at radius 1 is 1.25 bits per heavy atom. The van der Waals surface area contributed by atoms with Gasteiger partial charge in [-0.15, -0.1) is 0 Å². The number of aromatic nitrogens is 2. The molecule has 0 spiro atoms. The average molecular weight is 259 g/mol. The molecule has 84 valence electrons. The van der Waals surface area contributed by atoms with Gasteiger partial charge in [-0.3, -0.25) is 9.89 Å². The van der Waals surface area contributed by atoms with Gasteiger partial charge in [0.1, 0.15) is 0 Å². The molecule has 4 nitrogen and oxygen atoms in total. The molecule has 6 heteroatoms. The van der Waals surface area contributed by atoms with Gasteiger partial charge >= 0.3 is 0 Å². The van der Waals surface area contributed by atoms with Crippen LogP contribution in [0.1, 0.15) is 5.56 Å². The van der Waals surface area contributed by atoms with Gasteiger partial charge in [-0.25, -0.2) is 4.68 Å². The quantitative estimate of drug-likeness (QED) is 0.826. The molecule has 0 atom stereocenters. The largest absolute Gasteiger partial charge is 0.493 e. The second-order valence-electron chi connectivity index (χ2n) is 3.35. The summed E-state index contributed by atoms with van der Waals surface area (Å²) in [6.07, 6.45) is 0. The van der Waals surface area contributed by atoms with Gasteiger partial charge in [0.15, 0.2) is 0 Å². The Bertz CT molecular complexity index is 581. The summed E-state index contributed by atoms with van der Waals surface area (Å²) in [6, 6.07) is 4.74. The maximum atomic E-state index is 11.3. The molecule has 0 amide bonds. The van der Waals surface area contributed by atoms with E-state index in [2.05, 4.69) is 5.10 Å². The van der Waals surface area contributed by atoms with Crippen molar-refractivity contribution >= 4 is 23.2 Å². The number of nitrogens with one attached hydrogen (secondary N) is 1. The fraction of sp³-hybridized carbons (Fsp3) is 0.100. The van der Waals surface area contributed by atoms with Crippen LogP contribution in [0.3, 0.4) is 0 Å². The summed E-state index contributed by atoms with van der Waals surface area (Å²) in [4.78, 5) is 11.3. The summed E-state index contributed by atoms with van der Waals surface area (Å²) in [5.41, 5.74) is 0.393. The first-order chi connectivity index (χ1) is 7.49. The van der Waals surface area contributed by atoms with Crippen LogP contribution in [-0.4, -0.2) is 14.9 Å². The molecule has 1 aromatic heterocycles. The molecule has 1 heterocycles. The lowest BCUT2D eigenvalue weighted by Gasteiger charge is -2.05. The summed E-state index contributed by atoms with van der Waals surface area (Å²) in [5, 5.41) is 13.0. The smallest absolute Gasteiger partial charge is 0.271 e. The number of aromatic amines is 1. The molecule has 0 aliphatic heterocycles. The Kier molecular flexibility index (Phi) is 2.69. The summed E-state index contributed by atoms with van der Waals surface area (Å²) in [6.45, 7) is 1.52. The summed E-state index contributed by atoms with van der Waals surface area (Å²) < 4.78 is 1.23. The van der Waals surface area contributed by atoms with Crippen molar-refractivity contribution in [1.29, 1.82) is 0 Å². The first kappa shape index (κ1) is 11.1. The van der Waals surface area contributed by atoms with Gasteiger partial charge < -0.3 is 5.11 Å². The van der Waals surface area contributed by atoms with Gasteiger partial charge in [0.2, 0.25) is 5.88 Å². The molecule has 0 aliphatic carbocycles. The topological polar surface area (TPSA) is 58.0 Å². The van der Waals surface area contributed by atoms with Crippen LogP contribution in [0, 0.1) is 6.92 Å². The van der Waals surface area contributed by atoms with Crippen molar-refractivity contribution in [3.05, 3.63) is 44.2 Å². The lowest BCUT2D eigenvalue weighted by atomic mass is 10.3. The van der Waals surface area contributed by atoms with E-state index in [1.807, 2.05) is 0 Å². The molecule has 0 aliphatic rings. The second-order valence-corrected chi connectivity index (χ2v) is 4.23. The number of halogens is 2. The van der Waals surface area contributed by atoms with Crippen LogP contribution < -0.4 is 5.56 Å². The maximum absolute atomic E-state index is 11.3. The van der Waals surface area contributed by atoms with Crippen molar-refractivity contribution in [2.45, 2.75) is 6.92 Å². The molecule has 1 aromatic carbocycles. The number of aromatic hydroxyl groups is 1. The lowest BCUT2D eigenvalue weighted by molar-refractivity contribution is 0.430. The highest BCUT2D eigenvalue weighted by Crippen LogP contribution is 2.24. The minimum atomic E-state index is -0.353. The van der Waals surface area contributed by atoms with Crippen molar-refractivity contribution in [2.24, 2.45) is 0 Å². The van der Waals surface area contributed by atoms with Crippen LogP contribution in [0.5, 0.6) is 5.88 Å². The van der Waals surface area contributed by atoms with Crippen molar-refractivity contribution in [1.82, 2.24) is 9.78 Å². The first-order valence-corrected chi connectivity index (χ1v) is 5.21. The zero-order valence-corrected chi connectivity index (χ0v) is 9.80. The SMILES string of the molecule is Cc1c(O)n(-c2cc(Cl)cc(Cl)c2)[nH]c1=O. The molecular formula is C10H8Cl2N2O2. The Balaban J connectivity index is 2.67. The van der Waals surface area contributed by atoms with Crippen LogP contribution in [0.2, 0.25) is 10.0 Å². The third-order valence-electron chi connectivity index (χ3n) is 2.21. The lowest BCUT2D eigenvalue weighted by Crippen LogP contribution is -2.05. The van der Waals surface area contributed by atoms with Gasteiger partial charge in [0.25, 0.3) is 5.56 Å². The zero-order valence-electron chi connectivity index (χ0n) is 8.29. The summed E-state index contributed by atoms with van der Waals surface area (Å²) in [7, 11) is 0. The number of hydrogen-bond donors (Lipinski definition) is 2. The van der Waals surface area contributed by atoms with E-state index in [1.165, 1.54) is 11.6 Å². The van der Waals surface area contributed by atoms with Gasteiger partial charge in [-0.05, 0) is 25.1 Å². The van der Waals surface area contributed by atoms with Crippen LogP contribution in [-0.2, 0) is 0 Å². The van der Waals surface area contributed by atoms with Crippen LogP contribution in [0.15, 0.2) is 23.0 Å². The molecule has 0 saturated heterocycles. The highest BCUT2D eigenvalue weighted by Gasteiger charge is 2.11. The van der Waals surface area contributed by atoms with E-state index in [9.17, 15) is 9.90 Å². The third kappa shape index (κ3) is 1.81. The number of H-pyrrole nitrogens is 1. The predicted octanol–water partition coefficient (Wildman–Crippen LogP) is 2.49. The van der Waals surface area contributed by atoms with Crippen LogP contribution >= 0.6 is 23.2 Å². The Morgan fingerprint density at radius 2 is 1.81 bits per heavy atom. The molecule has 0 saturated carbocycles. The molecule has 2 N–H and O–H groups in total. The Hall–Kier alpha value is -1.39. The number of nitrogens with zero attached hydrogens (tertiary/aromatic N) is 1. The molecule has 2 rings (SSSR count). The number of hydrogen-bond acceptors (Lipinski definition) is 2. The third-order valence-corrected chi connectivity index (χ3v) is 2.64. The molecule has 16 heavy (non-hydrogen) atoms. The van der Waals surface area contributed by atoms with E-state index < -0.39 is 0 Å². The minimum absolute atomic E-state index is 0.150. The maximum Gasteiger partial charge on any atom is 0.271 e. The summed E-state index contributed by atoms with van der Waals surface area (Å²) in [5.74, 6) is -0.150. The first-order valence-electron chi connectivity index (χ1n) is 4.46. The fourth-order valence-corrected chi connectivity index (χ4v) is 1.88. The molecule has 0 radical (unpaired) electrons. The van der Waals surface area contributed by atoms with E-state index in [1.54, 1.807) is 18.2 Å². The molecule has 0 bridgehead atoms. The fourth-order valence-electron chi connectivity index (χ4n) is 1.36. The van der Waals surface area contributed by atoms with Gasteiger partial charge in [0.05, 0.1) is 11.3 Å².